The van der Waals surface area contributed by atoms with E-state index in [1.54, 1.807) is 12.4 Å². The van der Waals surface area contributed by atoms with E-state index in [2.05, 4.69) is 15.0 Å². The molecule has 3 rings (SSSR count). The third-order valence-electron chi connectivity index (χ3n) is 2.15. The average Bonchev–Trinajstić information content (AvgIpc) is 2.78. The van der Waals surface area contributed by atoms with Crippen molar-refractivity contribution in [2.45, 2.75) is 0 Å². The average molecular weight is 181 g/mol. The van der Waals surface area contributed by atoms with Gasteiger partial charge in [0.2, 0.25) is 0 Å². The number of pyridine rings is 1. The maximum atomic E-state index is 4.42. The van der Waals surface area contributed by atoms with Gasteiger partial charge in [0.15, 0.2) is 0 Å². The predicted molar refractivity (Wildman–Crippen MR) is 55.4 cm³/mol. The second-order valence-corrected chi connectivity index (χ2v) is 3.07. The van der Waals surface area contributed by atoms with Gasteiger partial charge in [-0.25, -0.2) is 4.99 Å². The van der Waals surface area contributed by atoms with Crippen LogP contribution in [0.5, 0.6) is 0 Å². The minimum Gasteiger partial charge on any atom is -0.255 e. The van der Waals surface area contributed by atoms with Crippen molar-refractivity contribution >= 4 is 11.9 Å². The molecule has 1 aromatic heterocycles. The van der Waals surface area contributed by atoms with Gasteiger partial charge in [0.05, 0.1) is 22.8 Å². The molecule has 0 saturated carbocycles. The predicted octanol–water partition coefficient (Wildman–Crippen LogP) is 1.74. The molecule has 3 nitrogen and oxygen atoms in total. The lowest BCUT2D eigenvalue weighted by Gasteiger charge is -1.94. The van der Waals surface area contributed by atoms with Crippen LogP contribution in [0.15, 0.2) is 57.9 Å². The molecule has 14 heavy (non-hydrogen) atoms. The van der Waals surface area contributed by atoms with Gasteiger partial charge in [-0.3, -0.25) is 9.98 Å². The summed E-state index contributed by atoms with van der Waals surface area (Å²) in [4.78, 5) is 12.8. The van der Waals surface area contributed by atoms with Crippen LogP contribution in [0.4, 0.5) is 0 Å². The van der Waals surface area contributed by atoms with E-state index < -0.39 is 0 Å². The van der Waals surface area contributed by atoms with Gasteiger partial charge in [-0.15, -0.1) is 0 Å². The molecule has 0 aliphatic carbocycles. The summed E-state index contributed by atoms with van der Waals surface area (Å²) in [6.45, 7) is 0. The Kier molecular flexibility index (Phi) is 1.44. The normalized spacial score (nSPS) is 17.6. The van der Waals surface area contributed by atoms with E-state index in [0.717, 1.165) is 22.8 Å². The number of rotatable bonds is 1. The molecule has 2 aliphatic heterocycles. The molecule has 0 amide bonds. The summed E-state index contributed by atoms with van der Waals surface area (Å²) in [6.07, 6.45) is 7.39. The van der Waals surface area contributed by atoms with Gasteiger partial charge in [0.1, 0.15) is 0 Å². The molecule has 66 valence electrons. The van der Waals surface area contributed by atoms with Gasteiger partial charge >= 0.3 is 0 Å². The lowest BCUT2D eigenvalue weighted by atomic mass is 10.2. The van der Waals surface area contributed by atoms with Crippen LogP contribution >= 0.6 is 0 Å². The standard InChI is InChI=1S/C11H7N3/c1-2-5-12-8(3-1)11-7-10-9(14-11)4-6-13-10/h1-7H. The van der Waals surface area contributed by atoms with E-state index in [9.17, 15) is 0 Å². The zero-order valence-electron chi connectivity index (χ0n) is 7.38. The Labute approximate surface area is 81.2 Å². The van der Waals surface area contributed by atoms with Crippen LogP contribution in [-0.2, 0) is 0 Å². The highest BCUT2D eigenvalue weighted by molar-refractivity contribution is 6.11. The minimum atomic E-state index is 0.892. The number of aliphatic imine (C=N–C) groups is 2. The summed E-state index contributed by atoms with van der Waals surface area (Å²) in [7, 11) is 0. The first-order valence-corrected chi connectivity index (χ1v) is 4.40. The quantitative estimate of drug-likeness (QED) is 0.650. The van der Waals surface area contributed by atoms with Crippen LogP contribution < -0.4 is 0 Å². The Hall–Kier alpha value is -2.03. The van der Waals surface area contributed by atoms with E-state index in [4.69, 9.17) is 0 Å². The first-order chi connectivity index (χ1) is 6.93. The number of nitrogens with zero attached hydrogens (tertiary/aromatic N) is 3. The number of allylic oxidation sites excluding steroid dienone is 2. The monoisotopic (exact) mass is 181 g/mol. The van der Waals surface area contributed by atoms with Crippen LogP contribution in [0.1, 0.15) is 5.69 Å². The molecule has 0 fully saturated rings. The molecule has 0 aromatic carbocycles. The van der Waals surface area contributed by atoms with Crippen molar-refractivity contribution in [2.24, 2.45) is 9.98 Å². The van der Waals surface area contributed by atoms with Crippen molar-refractivity contribution in [1.29, 1.82) is 0 Å². The van der Waals surface area contributed by atoms with Gasteiger partial charge in [0.25, 0.3) is 0 Å². The van der Waals surface area contributed by atoms with Crippen LogP contribution in [0.25, 0.3) is 0 Å². The number of hydrogen-bond donors (Lipinski definition) is 0. The van der Waals surface area contributed by atoms with Gasteiger partial charge in [-0.05, 0) is 24.3 Å². The third-order valence-corrected chi connectivity index (χ3v) is 2.15. The lowest BCUT2D eigenvalue weighted by molar-refractivity contribution is 1.28. The first-order valence-electron chi connectivity index (χ1n) is 4.40. The van der Waals surface area contributed by atoms with E-state index in [0.29, 0.717) is 0 Å². The van der Waals surface area contributed by atoms with Crippen LogP contribution in [0, 0.1) is 0 Å². The van der Waals surface area contributed by atoms with Crippen molar-refractivity contribution in [2.75, 3.05) is 0 Å². The molecule has 1 aromatic rings. The second kappa shape index (κ2) is 2.73. The lowest BCUT2D eigenvalue weighted by Crippen LogP contribution is -1.96. The summed E-state index contributed by atoms with van der Waals surface area (Å²) in [5, 5.41) is 0. The molecular weight excluding hydrogens is 174 g/mol. The summed E-state index contributed by atoms with van der Waals surface area (Å²) in [5.74, 6) is 0. The fourth-order valence-corrected chi connectivity index (χ4v) is 1.48. The van der Waals surface area contributed by atoms with Gasteiger partial charge in [-0.2, -0.15) is 0 Å². The topological polar surface area (TPSA) is 37.6 Å². The summed E-state index contributed by atoms with van der Waals surface area (Å²) >= 11 is 0. The molecule has 2 aliphatic rings. The number of fused-ring (bicyclic) bond motifs is 1. The van der Waals surface area contributed by atoms with E-state index >= 15 is 0 Å². The molecule has 0 bridgehead atoms. The number of aromatic nitrogens is 1. The van der Waals surface area contributed by atoms with Crippen LogP contribution in [0.3, 0.4) is 0 Å². The molecule has 0 radical (unpaired) electrons. The SMILES string of the molecule is C1=NC2=CC(c3ccccn3)=NC2=C1. The highest BCUT2D eigenvalue weighted by Gasteiger charge is 2.17. The zero-order valence-corrected chi connectivity index (χ0v) is 7.38. The summed E-state index contributed by atoms with van der Waals surface area (Å²) in [5.41, 5.74) is 3.66. The first kappa shape index (κ1) is 7.38. The Bertz CT molecular complexity index is 493. The third kappa shape index (κ3) is 1.03. The maximum Gasteiger partial charge on any atom is 0.0916 e. The number of hydrogen-bond acceptors (Lipinski definition) is 3. The highest BCUT2D eigenvalue weighted by Crippen LogP contribution is 2.24. The van der Waals surface area contributed by atoms with Crippen LogP contribution in [0.2, 0.25) is 0 Å². The van der Waals surface area contributed by atoms with E-state index in [-0.39, 0.29) is 0 Å². The van der Waals surface area contributed by atoms with Crippen molar-refractivity contribution < 1.29 is 0 Å². The minimum absolute atomic E-state index is 0.892. The highest BCUT2D eigenvalue weighted by atomic mass is 14.9. The Balaban J connectivity index is 2.05. The molecule has 0 N–H and O–H groups in total. The van der Waals surface area contributed by atoms with E-state index in [1.165, 1.54) is 0 Å². The molecule has 0 unspecified atom stereocenters. The van der Waals surface area contributed by atoms with Gasteiger partial charge in [-0.1, -0.05) is 6.07 Å². The molecule has 0 atom stereocenters. The van der Waals surface area contributed by atoms with Gasteiger partial charge in [0, 0.05) is 12.4 Å². The summed E-state index contributed by atoms with van der Waals surface area (Å²) < 4.78 is 0. The molecular formula is C11H7N3. The Morgan fingerprint density at radius 1 is 1.07 bits per heavy atom. The molecule has 3 heteroatoms. The van der Waals surface area contributed by atoms with Gasteiger partial charge < -0.3 is 0 Å². The molecule has 0 spiro atoms. The van der Waals surface area contributed by atoms with Crippen molar-refractivity contribution in [3.8, 4) is 0 Å². The Morgan fingerprint density at radius 2 is 2.07 bits per heavy atom. The fraction of sp³-hybridized carbons (Fsp3) is 0. The van der Waals surface area contributed by atoms with Crippen molar-refractivity contribution in [3.05, 3.63) is 53.6 Å². The smallest absolute Gasteiger partial charge is 0.0916 e. The summed E-state index contributed by atoms with van der Waals surface area (Å²) in [6, 6.07) is 5.79. The van der Waals surface area contributed by atoms with Crippen molar-refractivity contribution in [3.63, 3.8) is 0 Å². The second-order valence-electron chi connectivity index (χ2n) is 3.07. The largest absolute Gasteiger partial charge is 0.255 e. The van der Waals surface area contributed by atoms with Crippen LogP contribution in [-0.4, -0.2) is 16.9 Å². The zero-order chi connectivity index (χ0) is 9.38. The Morgan fingerprint density at radius 3 is 2.86 bits per heavy atom. The molecule has 0 saturated heterocycles. The fourth-order valence-electron chi connectivity index (χ4n) is 1.48. The van der Waals surface area contributed by atoms with E-state index in [1.807, 2.05) is 30.4 Å². The maximum absolute atomic E-state index is 4.42. The molecule has 3 heterocycles. The van der Waals surface area contributed by atoms with Crippen molar-refractivity contribution in [1.82, 2.24) is 4.98 Å².